The van der Waals surface area contributed by atoms with Gasteiger partial charge in [0, 0.05) is 6.07 Å². The average molecular weight is 369 g/mol. The highest BCUT2D eigenvalue weighted by Crippen LogP contribution is 2.67. The number of hydrogen-bond acceptors (Lipinski definition) is 3. The van der Waals surface area contributed by atoms with Crippen LogP contribution in [0.3, 0.4) is 0 Å². The molecule has 0 aromatic carbocycles. The topological polar surface area (TPSA) is 50.4 Å². The van der Waals surface area contributed by atoms with Gasteiger partial charge in [0.15, 0.2) is 0 Å². The molecular formula is C24H32O3. The Hall–Kier alpha value is -1.35. The van der Waals surface area contributed by atoms with Gasteiger partial charge < -0.3 is 9.52 Å². The van der Waals surface area contributed by atoms with Crippen LogP contribution in [0.1, 0.15) is 76.7 Å². The zero-order valence-electron chi connectivity index (χ0n) is 16.6. The molecule has 1 aromatic rings. The molecule has 0 bridgehead atoms. The molecule has 27 heavy (non-hydrogen) atoms. The molecule has 3 nitrogen and oxygen atoms in total. The number of fused-ring (bicyclic) bond motifs is 5. The van der Waals surface area contributed by atoms with Crippen LogP contribution in [0.15, 0.2) is 39.3 Å². The fourth-order valence-corrected chi connectivity index (χ4v) is 7.64. The van der Waals surface area contributed by atoms with E-state index in [0.29, 0.717) is 23.2 Å². The third-order valence-electron chi connectivity index (χ3n) is 9.17. The van der Waals surface area contributed by atoms with E-state index < -0.39 is 0 Å². The quantitative estimate of drug-likeness (QED) is 0.706. The Morgan fingerprint density at radius 2 is 1.96 bits per heavy atom. The van der Waals surface area contributed by atoms with Crippen molar-refractivity contribution in [3.8, 4) is 0 Å². The van der Waals surface area contributed by atoms with Crippen LogP contribution in [0.2, 0.25) is 0 Å². The molecule has 4 aliphatic rings. The number of hydrogen-bond donors (Lipinski definition) is 1. The zero-order chi connectivity index (χ0) is 18.8. The summed E-state index contributed by atoms with van der Waals surface area (Å²) in [7, 11) is 0. The molecule has 146 valence electrons. The first-order valence-corrected chi connectivity index (χ1v) is 10.9. The van der Waals surface area contributed by atoms with E-state index >= 15 is 0 Å². The van der Waals surface area contributed by atoms with Crippen LogP contribution in [0.5, 0.6) is 0 Å². The van der Waals surface area contributed by atoms with Crippen LogP contribution in [-0.4, -0.2) is 11.2 Å². The van der Waals surface area contributed by atoms with Crippen molar-refractivity contribution in [2.45, 2.75) is 77.2 Å². The minimum atomic E-state index is -0.260. The summed E-state index contributed by atoms with van der Waals surface area (Å²) in [6.07, 6.45) is 13.5. The molecule has 0 radical (unpaired) electrons. The van der Waals surface area contributed by atoms with Gasteiger partial charge in [-0.3, -0.25) is 0 Å². The second kappa shape index (κ2) is 6.07. The third kappa shape index (κ3) is 2.53. The van der Waals surface area contributed by atoms with Crippen molar-refractivity contribution in [3.05, 3.63) is 46.0 Å². The van der Waals surface area contributed by atoms with E-state index in [2.05, 4.69) is 19.9 Å². The second-order valence-electron chi connectivity index (χ2n) is 10.2. The largest absolute Gasteiger partial charge is 0.431 e. The zero-order valence-corrected chi connectivity index (χ0v) is 16.6. The van der Waals surface area contributed by atoms with E-state index in [1.165, 1.54) is 37.7 Å². The Balaban J connectivity index is 1.45. The molecule has 3 saturated carbocycles. The first kappa shape index (κ1) is 17.7. The molecule has 0 amide bonds. The van der Waals surface area contributed by atoms with Crippen LogP contribution in [0.4, 0.5) is 0 Å². The van der Waals surface area contributed by atoms with E-state index in [1.54, 1.807) is 17.9 Å². The molecule has 1 aromatic heterocycles. The standard InChI is InChI=1S/C24H32O3/c1-23-11-9-17(25)13-16(23)4-5-18-20-7-6-19(15-3-8-22(26)27-14-15)24(20,2)12-10-21(18)23/h3,7-8,14,16-19,21,25H,4-6,9-13H2,1-2H3/t16?,17-,18?,19+,21?,23-,24+/m0/s1. The lowest BCUT2D eigenvalue weighted by molar-refractivity contribution is -0.0823. The van der Waals surface area contributed by atoms with Crippen molar-refractivity contribution in [3.63, 3.8) is 0 Å². The highest BCUT2D eigenvalue weighted by molar-refractivity contribution is 5.36. The van der Waals surface area contributed by atoms with Crippen molar-refractivity contribution in [2.75, 3.05) is 0 Å². The van der Waals surface area contributed by atoms with E-state index in [9.17, 15) is 9.90 Å². The van der Waals surface area contributed by atoms with Crippen LogP contribution >= 0.6 is 0 Å². The molecule has 3 fully saturated rings. The summed E-state index contributed by atoms with van der Waals surface area (Å²) in [4.78, 5) is 11.4. The van der Waals surface area contributed by atoms with Gasteiger partial charge in [-0.1, -0.05) is 25.5 Å². The molecule has 0 spiro atoms. The summed E-state index contributed by atoms with van der Waals surface area (Å²) in [5.41, 5.74) is 3.23. The van der Waals surface area contributed by atoms with Crippen molar-refractivity contribution >= 4 is 0 Å². The van der Waals surface area contributed by atoms with Crippen LogP contribution < -0.4 is 5.63 Å². The number of aliphatic hydroxyl groups is 1. The molecule has 0 saturated heterocycles. The minimum Gasteiger partial charge on any atom is -0.431 e. The number of rotatable bonds is 1. The lowest BCUT2D eigenvalue weighted by atomic mass is 9.46. The summed E-state index contributed by atoms with van der Waals surface area (Å²) >= 11 is 0. The van der Waals surface area contributed by atoms with Gasteiger partial charge in [-0.25, -0.2) is 4.79 Å². The van der Waals surface area contributed by atoms with Crippen LogP contribution in [0, 0.1) is 28.6 Å². The summed E-state index contributed by atoms with van der Waals surface area (Å²) in [5, 5.41) is 10.2. The van der Waals surface area contributed by atoms with Crippen molar-refractivity contribution in [1.29, 1.82) is 0 Å². The minimum absolute atomic E-state index is 0.0729. The number of aliphatic hydroxyl groups excluding tert-OH is 1. The van der Waals surface area contributed by atoms with Gasteiger partial charge >= 0.3 is 5.63 Å². The second-order valence-corrected chi connectivity index (χ2v) is 10.2. The SMILES string of the molecule is C[C@]12CC[C@H](O)CC1CCC1C3=CC[C@H](c4ccc(=O)oc4)[C@@]3(C)CCC12. The first-order valence-electron chi connectivity index (χ1n) is 10.9. The number of allylic oxidation sites excluding steroid dienone is 2. The Morgan fingerprint density at radius 1 is 1.11 bits per heavy atom. The van der Waals surface area contributed by atoms with Crippen molar-refractivity contribution in [1.82, 2.24) is 0 Å². The summed E-state index contributed by atoms with van der Waals surface area (Å²) in [5.74, 6) is 2.63. The summed E-state index contributed by atoms with van der Waals surface area (Å²) in [6, 6.07) is 3.55. The van der Waals surface area contributed by atoms with E-state index in [1.807, 2.05) is 6.07 Å². The van der Waals surface area contributed by atoms with Crippen molar-refractivity contribution < 1.29 is 9.52 Å². The van der Waals surface area contributed by atoms with Gasteiger partial charge in [-0.15, -0.1) is 0 Å². The van der Waals surface area contributed by atoms with Crippen LogP contribution in [-0.2, 0) is 0 Å². The predicted octanol–water partition coefficient (Wildman–Crippen LogP) is 5.05. The maximum atomic E-state index is 11.4. The molecule has 3 heteroatoms. The molecule has 4 aliphatic carbocycles. The van der Waals surface area contributed by atoms with Gasteiger partial charge in [-0.2, -0.15) is 0 Å². The maximum Gasteiger partial charge on any atom is 0.335 e. The fourth-order valence-electron chi connectivity index (χ4n) is 7.64. The fraction of sp³-hybridized carbons (Fsp3) is 0.708. The summed E-state index contributed by atoms with van der Waals surface area (Å²) < 4.78 is 5.20. The highest BCUT2D eigenvalue weighted by atomic mass is 16.4. The molecule has 0 aliphatic heterocycles. The molecule has 1 N–H and O–H groups in total. The Kier molecular flexibility index (Phi) is 3.99. The third-order valence-corrected chi connectivity index (χ3v) is 9.17. The first-order chi connectivity index (χ1) is 12.9. The Labute approximate surface area is 161 Å². The molecule has 7 atom stereocenters. The van der Waals surface area contributed by atoms with E-state index in [4.69, 9.17) is 4.42 Å². The van der Waals surface area contributed by atoms with Gasteiger partial charge in [-0.05, 0) is 97.5 Å². The molecule has 1 heterocycles. The lowest BCUT2D eigenvalue weighted by Crippen LogP contribution is -2.51. The Bertz CT molecular complexity index is 803. The maximum absolute atomic E-state index is 11.4. The highest BCUT2D eigenvalue weighted by Gasteiger charge is 2.57. The summed E-state index contributed by atoms with van der Waals surface area (Å²) in [6.45, 7) is 4.98. The molecule has 3 unspecified atom stereocenters. The van der Waals surface area contributed by atoms with Gasteiger partial charge in [0.25, 0.3) is 0 Å². The normalized spacial score (nSPS) is 46.2. The average Bonchev–Trinajstić information content (AvgIpc) is 3.00. The van der Waals surface area contributed by atoms with E-state index in [0.717, 1.165) is 25.2 Å². The predicted molar refractivity (Wildman–Crippen MR) is 105 cm³/mol. The van der Waals surface area contributed by atoms with E-state index in [-0.39, 0.29) is 17.1 Å². The Morgan fingerprint density at radius 3 is 2.74 bits per heavy atom. The monoisotopic (exact) mass is 368 g/mol. The van der Waals surface area contributed by atoms with Gasteiger partial charge in [0.1, 0.15) is 0 Å². The van der Waals surface area contributed by atoms with Gasteiger partial charge in [0.05, 0.1) is 12.4 Å². The van der Waals surface area contributed by atoms with Gasteiger partial charge in [0.2, 0.25) is 0 Å². The lowest BCUT2D eigenvalue weighted by Gasteiger charge is -2.59. The molecule has 5 rings (SSSR count). The van der Waals surface area contributed by atoms with Crippen molar-refractivity contribution in [2.24, 2.45) is 28.6 Å². The van der Waals surface area contributed by atoms with Crippen LogP contribution in [0.25, 0.3) is 0 Å². The smallest absolute Gasteiger partial charge is 0.335 e. The molecular weight excluding hydrogens is 336 g/mol.